The molecule has 3 heteroatoms. The molecule has 3 aromatic rings. The topological polar surface area (TPSA) is 45.4 Å². The van der Waals surface area contributed by atoms with Crippen LogP contribution in [-0.4, -0.2) is 14.8 Å². The Bertz CT molecular complexity index is 716. The molecule has 2 aromatic carbocycles. The zero-order valence-electron chi connectivity index (χ0n) is 10.5. The van der Waals surface area contributed by atoms with Crippen LogP contribution in [0.1, 0.15) is 11.1 Å². The van der Waals surface area contributed by atoms with Gasteiger partial charge >= 0.3 is 0 Å². The molecule has 3 nitrogen and oxygen atoms in total. The van der Waals surface area contributed by atoms with Crippen LogP contribution in [0.4, 0.5) is 0 Å². The number of nitrogens with zero attached hydrogens (tertiary/aromatic N) is 1. The first-order chi connectivity index (χ1) is 9.26. The number of aliphatic hydroxyl groups is 1. The predicted octanol–water partition coefficient (Wildman–Crippen LogP) is 2.89. The minimum atomic E-state index is 0.0489. The van der Waals surface area contributed by atoms with E-state index in [0.717, 1.165) is 22.0 Å². The molecule has 1 heterocycles. The number of hydrogen-bond acceptors (Lipinski definition) is 2. The number of phenols is 1. The summed E-state index contributed by atoms with van der Waals surface area (Å²) in [7, 11) is 0. The first-order valence-corrected chi connectivity index (χ1v) is 6.23. The van der Waals surface area contributed by atoms with Gasteiger partial charge in [0.2, 0.25) is 0 Å². The predicted molar refractivity (Wildman–Crippen MR) is 75.1 cm³/mol. The smallest absolute Gasteiger partial charge is 0.115 e. The summed E-state index contributed by atoms with van der Waals surface area (Å²) < 4.78 is 2.11. The average molecular weight is 253 g/mol. The summed E-state index contributed by atoms with van der Waals surface area (Å²) >= 11 is 0. The lowest BCUT2D eigenvalue weighted by molar-refractivity contribution is 0.282. The van der Waals surface area contributed by atoms with Gasteiger partial charge in [-0.05, 0) is 40.8 Å². The lowest BCUT2D eigenvalue weighted by atomic mass is 10.1. The van der Waals surface area contributed by atoms with Gasteiger partial charge in [-0.1, -0.05) is 24.3 Å². The maximum Gasteiger partial charge on any atom is 0.115 e. The molecule has 0 radical (unpaired) electrons. The Kier molecular flexibility index (Phi) is 2.97. The molecule has 0 aliphatic rings. The minimum absolute atomic E-state index is 0.0489. The molecule has 96 valence electrons. The van der Waals surface area contributed by atoms with Crippen LogP contribution in [0.3, 0.4) is 0 Å². The van der Waals surface area contributed by atoms with Crippen molar-refractivity contribution in [3.8, 4) is 5.75 Å². The van der Waals surface area contributed by atoms with Gasteiger partial charge in [0.05, 0.1) is 6.61 Å². The number of hydrogen-bond donors (Lipinski definition) is 2. The summed E-state index contributed by atoms with van der Waals surface area (Å²) in [4.78, 5) is 0. The van der Waals surface area contributed by atoms with Crippen molar-refractivity contribution in [2.45, 2.75) is 13.2 Å². The van der Waals surface area contributed by atoms with E-state index in [9.17, 15) is 10.2 Å². The van der Waals surface area contributed by atoms with E-state index in [0.29, 0.717) is 6.54 Å². The summed E-state index contributed by atoms with van der Waals surface area (Å²) in [5.41, 5.74) is 3.05. The summed E-state index contributed by atoms with van der Waals surface area (Å²) in [5, 5.41) is 19.9. The van der Waals surface area contributed by atoms with Crippen molar-refractivity contribution < 1.29 is 10.2 Å². The third-order valence-corrected chi connectivity index (χ3v) is 3.28. The van der Waals surface area contributed by atoms with Crippen LogP contribution >= 0.6 is 0 Å². The zero-order chi connectivity index (χ0) is 13.2. The van der Waals surface area contributed by atoms with Gasteiger partial charge in [0, 0.05) is 18.3 Å². The zero-order valence-corrected chi connectivity index (χ0v) is 10.5. The van der Waals surface area contributed by atoms with Crippen LogP contribution in [0.5, 0.6) is 5.75 Å². The third kappa shape index (κ3) is 2.33. The Morgan fingerprint density at radius 1 is 0.947 bits per heavy atom. The van der Waals surface area contributed by atoms with E-state index in [1.165, 1.54) is 0 Å². The Morgan fingerprint density at radius 3 is 2.63 bits per heavy atom. The van der Waals surface area contributed by atoms with Gasteiger partial charge in [-0.15, -0.1) is 0 Å². The molecule has 0 amide bonds. The summed E-state index contributed by atoms with van der Waals surface area (Å²) in [6.07, 6.45) is 2.02. The fourth-order valence-electron chi connectivity index (χ4n) is 2.32. The van der Waals surface area contributed by atoms with Crippen LogP contribution in [0, 0.1) is 0 Å². The highest BCUT2D eigenvalue weighted by atomic mass is 16.3. The minimum Gasteiger partial charge on any atom is -0.508 e. The Morgan fingerprint density at radius 2 is 1.84 bits per heavy atom. The summed E-state index contributed by atoms with van der Waals surface area (Å²) in [6, 6.07) is 15.3. The summed E-state index contributed by atoms with van der Waals surface area (Å²) in [5.74, 6) is 0.282. The maximum absolute atomic E-state index is 9.49. The second-order valence-corrected chi connectivity index (χ2v) is 4.66. The van der Waals surface area contributed by atoms with Gasteiger partial charge in [-0.25, -0.2) is 0 Å². The number of rotatable bonds is 3. The molecule has 3 rings (SSSR count). The number of aliphatic hydroxyl groups excluding tert-OH is 1. The number of phenolic OH excluding ortho intramolecular Hbond substituents is 1. The number of fused-ring (bicyclic) bond motifs is 1. The molecule has 0 fully saturated rings. The van der Waals surface area contributed by atoms with Crippen LogP contribution in [0.25, 0.3) is 10.9 Å². The van der Waals surface area contributed by atoms with E-state index in [1.54, 1.807) is 12.1 Å². The lowest BCUT2D eigenvalue weighted by Crippen LogP contribution is -1.98. The van der Waals surface area contributed by atoms with Crippen molar-refractivity contribution in [1.29, 1.82) is 0 Å². The molecule has 0 aliphatic carbocycles. The molecule has 0 saturated carbocycles. The number of benzene rings is 2. The maximum atomic E-state index is 9.49. The second-order valence-electron chi connectivity index (χ2n) is 4.66. The van der Waals surface area contributed by atoms with E-state index in [2.05, 4.69) is 10.6 Å². The monoisotopic (exact) mass is 253 g/mol. The Balaban J connectivity index is 2.00. The van der Waals surface area contributed by atoms with Gasteiger partial charge in [-0.3, -0.25) is 0 Å². The van der Waals surface area contributed by atoms with Gasteiger partial charge in [0.15, 0.2) is 0 Å². The van der Waals surface area contributed by atoms with Crippen molar-refractivity contribution in [1.82, 2.24) is 4.57 Å². The van der Waals surface area contributed by atoms with E-state index < -0.39 is 0 Å². The van der Waals surface area contributed by atoms with Crippen molar-refractivity contribution in [3.63, 3.8) is 0 Å². The van der Waals surface area contributed by atoms with Gasteiger partial charge in [0.25, 0.3) is 0 Å². The summed E-state index contributed by atoms with van der Waals surface area (Å²) in [6.45, 7) is 0.750. The molecule has 0 aliphatic heterocycles. The number of aromatic nitrogens is 1. The normalized spacial score (nSPS) is 11.0. The fourth-order valence-corrected chi connectivity index (χ4v) is 2.32. The first kappa shape index (κ1) is 11.8. The first-order valence-electron chi connectivity index (χ1n) is 6.23. The largest absolute Gasteiger partial charge is 0.508 e. The van der Waals surface area contributed by atoms with Crippen LogP contribution in [-0.2, 0) is 13.2 Å². The number of aromatic hydroxyl groups is 1. The molecular formula is C16H15NO2. The average Bonchev–Trinajstić information content (AvgIpc) is 2.81. The SMILES string of the molecule is OCc1ccc2ccn(Cc3cccc(O)c3)c2c1. The van der Waals surface area contributed by atoms with E-state index in [1.807, 2.05) is 36.5 Å². The van der Waals surface area contributed by atoms with Crippen molar-refractivity contribution >= 4 is 10.9 Å². The van der Waals surface area contributed by atoms with E-state index in [-0.39, 0.29) is 12.4 Å². The van der Waals surface area contributed by atoms with Crippen LogP contribution < -0.4 is 0 Å². The molecule has 1 aromatic heterocycles. The molecule has 0 unspecified atom stereocenters. The van der Waals surface area contributed by atoms with Crippen molar-refractivity contribution in [2.24, 2.45) is 0 Å². The lowest BCUT2D eigenvalue weighted by Gasteiger charge is -2.07. The molecule has 0 saturated heterocycles. The highest BCUT2D eigenvalue weighted by Gasteiger charge is 2.03. The molecule has 2 N–H and O–H groups in total. The van der Waals surface area contributed by atoms with Gasteiger partial charge in [-0.2, -0.15) is 0 Å². The van der Waals surface area contributed by atoms with E-state index in [4.69, 9.17) is 0 Å². The molecule has 19 heavy (non-hydrogen) atoms. The Labute approximate surface area is 111 Å². The van der Waals surface area contributed by atoms with Gasteiger partial charge in [0.1, 0.15) is 5.75 Å². The van der Waals surface area contributed by atoms with Crippen LogP contribution in [0.2, 0.25) is 0 Å². The standard InChI is InChI=1S/C16H15NO2/c18-11-13-4-5-14-6-7-17(16(14)9-13)10-12-2-1-3-15(19)8-12/h1-9,18-19H,10-11H2. The van der Waals surface area contributed by atoms with Crippen molar-refractivity contribution in [3.05, 3.63) is 65.9 Å². The van der Waals surface area contributed by atoms with Gasteiger partial charge < -0.3 is 14.8 Å². The van der Waals surface area contributed by atoms with E-state index >= 15 is 0 Å². The highest BCUT2D eigenvalue weighted by Crippen LogP contribution is 2.20. The Hall–Kier alpha value is -2.26. The third-order valence-electron chi connectivity index (χ3n) is 3.28. The quantitative estimate of drug-likeness (QED) is 0.754. The van der Waals surface area contributed by atoms with Crippen LogP contribution in [0.15, 0.2) is 54.7 Å². The fraction of sp³-hybridized carbons (Fsp3) is 0.125. The molecule has 0 spiro atoms. The van der Waals surface area contributed by atoms with Crippen molar-refractivity contribution in [2.75, 3.05) is 0 Å². The molecular weight excluding hydrogens is 238 g/mol. The second kappa shape index (κ2) is 4.78. The molecule has 0 atom stereocenters. The highest BCUT2D eigenvalue weighted by molar-refractivity contribution is 5.80. The molecule has 0 bridgehead atoms.